The van der Waals surface area contributed by atoms with Crippen molar-refractivity contribution < 1.29 is 4.79 Å². The number of thiazole rings is 1. The minimum absolute atomic E-state index is 0.133. The molecule has 1 amide bonds. The van der Waals surface area contributed by atoms with E-state index >= 15 is 0 Å². The molecule has 3 aromatic rings. The van der Waals surface area contributed by atoms with Gasteiger partial charge in [-0.25, -0.2) is 4.98 Å². The van der Waals surface area contributed by atoms with Gasteiger partial charge in [-0.15, -0.1) is 23.1 Å². The Morgan fingerprint density at radius 3 is 2.32 bits per heavy atom. The quantitative estimate of drug-likeness (QED) is 0.600. The third kappa shape index (κ3) is 3.94. The molecule has 128 valence electrons. The molecule has 0 fully saturated rings. The predicted molar refractivity (Wildman–Crippen MR) is 108 cm³/mol. The van der Waals surface area contributed by atoms with E-state index in [2.05, 4.69) is 43.2 Å². The lowest BCUT2D eigenvalue weighted by molar-refractivity contribution is 0.102. The molecule has 5 heteroatoms. The Morgan fingerprint density at radius 1 is 1.08 bits per heavy atom. The second-order valence-electron chi connectivity index (χ2n) is 5.99. The number of aromatic nitrogens is 1. The second-order valence-corrected chi connectivity index (χ2v) is 7.73. The first-order valence-electron chi connectivity index (χ1n) is 7.97. The highest BCUT2D eigenvalue weighted by molar-refractivity contribution is 7.98. The topological polar surface area (TPSA) is 42.0 Å². The summed E-state index contributed by atoms with van der Waals surface area (Å²) in [6.07, 6.45) is 2.02. The first kappa shape index (κ1) is 17.7. The van der Waals surface area contributed by atoms with Gasteiger partial charge in [0.1, 0.15) is 0 Å². The van der Waals surface area contributed by atoms with Crippen LogP contribution in [0.25, 0.3) is 11.3 Å². The highest BCUT2D eigenvalue weighted by atomic mass is 32.2. The average Bonchev–Trinajstić information content (AvgIpc) is 3.02. The highest BCUT2D eigenvalue weighted by Crippen LogP contribution is 2.31. The normalized spacial score (nSPS) is 10.7. The Bertz CT molecular complexity index is 891. The number of aryl methyl sites for hydroxylation is 3. The van der Waals surface area contributed by atoms with Gasteiger partial charge >= 0.3 is 0 Å². The van der Waals surface area contributed by atoms with E-state index in [0.29, 0.717) is 10.7 Å². The van der Waals surface area contributed by atoms with Crippen molar-refractivity contribution in [2.45, 2.75) is 25.7 Å². The minimum Gasteiger partial charge on any atom is -0.298 e. The van der Waals surface area contributed by atoms with Crippen molar-refractivity contribution in [1.82, 2.24) is 4.98 Å². The Kier molecular flexibility index (Phi) is 5.25. The van der Waals surface area contributed by atoms with Gasteiger partial charge in [-0.3, -0.25) is 10.1 Å². The van der Waals surface area contributed by atoms with E-state index in [-0.39, 0.29) is 5.91 Å². The fraction of sp³-hybridized carbons (Fsp3) is 0.200. The standard InChI is InChI=1S/C20H20N2OS2/c1-12-9-13(2)18(14(3)10-12)17-11-25-20(21-17)22-19(23)15-5-7-16(24-4)8-6-15/h5-11H,1-4H3,(H,21,22,23). The van der Waals surface area contributed by atoms with E-state index in [4.69, 9.17) is 0 Å². The number of rotatable bonds is 4. The molecular formula is C20H20N2OS2. The lowest BCUT2D eigenvalue weighted by Gasteiger charge is -2.08. The third-order valence-corrected chi connectivity index (χ3v) is 5.51. The van der Waals surface area contributed by atoms with Crippen LogP contribution in [0.1, 0.15) is 27.0 Å². The second kappa shape index (κ2) is 7.42. The zero-order chi connectivity index (χ0) is 18.0. The summed E-state index contributed by atoms with van der Waals surface area (Å²) in [5.41, 5.74) is 6.34. The first-order valence-corrected chi connectivity index (χ1v) is 10.1. The molecule has 1 heterocycles. The van der Waals surface area contributed by atoms with Crippen LogP contribution >= 0.6 is 23.1 Å². The van der Waals surface area contributed by atoms with Crippen LogP contribution < -0.4 is 5.32 Å². The number of nitrogens with zero attached hydrogens (tertiary/aromatic N) is 1. The van der Waals surface area contributed by atoms with Gasteiger partial charge in [-0.05, 0) is 62.4 Å². The maximum absolute atomic E-state index is 12.4. The molecule has 1 N–H and O–H groups in total. The third-order valence-electron chi connectivity index (χ3n) is 4.01. The van der Waals surface area contributed by atoms with Gasteiger partial charge in [0.15, 0.2) is 5.13 Å². The van der Waals surface area contributed by atoms with E-state index in [9.17, 15) is 4.79 Å². The molecule has 25 heavy (non-hydrogen) atoms. The molecule has 0 saturated carbocycles. The van der Waals surface area contributed by atoms with Crippen LogP contribution in [0.2, 0.25) is 0 Å². The minimum atomic E-state index is -0.133. The number of carbonyl (C=O) groups excluding carboxylic acids is 1. The molecule has 0 unspecified atom stereocenters. The summed E-state index contributed by atoms with van der Waals surface area (Å²) in [4.78, 5) is 18.1. The summed E-state index contributed by atoms with van der Waals surface area (Å²) in [7, 11) is 0. The zero-order valence-corrected chi connectivity index (χ0v) is 16.3. The number of nitrogens with one attached hydrogen (secondary N) is 1. The highest BCUT2D eigenvalue weighted by Gasteiger charge is 2.13. The molecule has 0 saturated heterocycles. The first-order chi connectivity index (χ1) is 12.0. The molecule has 2 aromatic carbocycles. The van der Waals surface area contributed by atoms with Gasteiger partial charge in [0.25, 0.3) is 5.91 Å². The lowest BCUT2D eigenvalue weighted by Crippen LogP contribution is -2.11. The molecule has 0 aliphatic heterocycles. The summed E-state index contributed by atoms with van der Waals surface area (Å²) in [5, 5.41) is 5.51. The van der Waals surface area contributed by atoms with Crippen molar-refractivity contribution in [2.75, 3.05) is 11.6 Å². The molecule has 0 bridgehead atoms. The van der Waals surface area contributed by atoms with Crippen molar-refractivity contribution in [3.63, 3.8) is 0 Å². The predicted octanol–water partition coefficient (Wildman–Crippen LogP) is 5.71. The Balaban J connectivity index is 1.81. The molecule has 0 spiro atoms. The number of thioether (sulfide) groups is 1. The molecule has 3 nitrogen and oxygen atoms in total. The lowest BCUT2D eigenvalue weighted by atomic mass is 9.98. The molecule has 1 aromatic heterocycles. The van der Waals surface area contributed by atoms with Crippen molar-refractivity contribution in [3.8, 4) is 11.3 Å². The van der Waals surface area contributed by atoms with E-state index in [1.54, 1.807) is 11.8 Å². The van der Waals surface area contributed by atoms with Gasteiger partial charge in [-0.2, -0.15) is 0 Å². The molecule has 3 rings (SSSR count). The molecule has 0 atom stereocenters. The number of amides is 1. The summed E-state index contributed by atoms with van der Waals surface area (Å²) in [6, 6.07) is 11.9. The smallest absolute Gasteiger partial charge is 0.257 e. The maximum Gasteiger partial charge on any atom is 0.257 e. The average molecular weight is 369 g/mol. The Labute approximate surface area is 156 Å². The van der Waals surface area contributed by atoms with Crippen LogP contribution in [-0.2, 0) is 0 Å². The fourth-order valence-electron chi connectivity index (χ4n) is 2.94. The molecule has 0 aliphatic carbocycles. The molecule has 0 radical (unpaired) electrons. The fourth-order valence-corrected chi connectivity index (χ4v) is 4.05. The van der Waals surface area contributed by atoms with Crippen LogP contribution in [0.5, 0.6) is 0 Å². The summed E-state index contributed by atoms with van der Waals surface area (Å²) < 4.78 is 0. The SMILES string of the molecule is CSc1ccc(C(=O)Nc2nc(-c3c(C)cc(C)cc3C)cs2)cc1. The van der Waals surface area contributed by atoms with Gasteiger partial charge < -0.3 is 0 Å². The number of anilines is 1. The zero-order valence-electron chi connectivity index (χ0n) is 14.7. The Hall–Kier alpha value is -2.11. The van der Waals surface area contributed by atoms with Crippen LogP contribution in [0.15, 0.2) is 46.7 Å². The summed E-state index contributed by atoms with van der Waals surface area (Å²) in [6.45, 7) is 6.29. The number of carbonyl (C=O) groups is 1. The van der Waals surface area contributed by atoms with Crippen LogP contribution in [0.3, 0.4) is 0 Å². The van der Waals surface area contributed by atoms with Crippen molar-refractivity contribution in [1.29, 1.82) is 0 Å². The van der Waals surface area contributed by atoms with Gasteiger partial charge in [0, 0.05) is 21.4 Å². The van der Waals surface area contributed by atoms with Gasteiger partial charge in [0.2, 0.25) is 0 Å². The van der Waals surface area contributed by atoms with E-state index in [1.165, 1.54) is 28.0 Å². The largest absolute Gasteiger partial charge is 0.298 e. The van der Waals surface area contributed by atoms with E-state index < -0.39 is 0 Å². The van der Waals surface area contributed by atoms with Crippen LogP contribution in [0.4, 0.5) is 5.13 Å². The van der Waals surface area contributed by atoms with Crippen molar-refractivity contribution in [3.05, 3.63) is 64.0 Å². The summed E-state index contributed by atoms with van der Waals surface area (Å²) >= 11 is 3.11. The number of benzene rings is 2. The van der Waals surface area contributed by atoms with Crippen LogP contribution in [0, 0.1) is 20.8 Å². The van der Waals surface area contributed by atoms with E-state index in [0.717, 1.165) is 16.2 Å². The van der Waals surface area contributed by atoms with Gasteiger partial charge in [0.05, 0.1) is 5.69 Å². The maximum atomic E-state index is 12.4. The molecular weight excluding hydrogens is 348 g/mol. The number of hydrogen-bond acceptors (Lipinski definition) is 4. The monoisotopic (exact) mass is 368 g/mol. The van der Waals surface area contributed by atoms with Crippen LogP contribution in [-0.4, -0.2) is 17.1 Å². The van der Waals surface area contributed by atoms with Crippen molar-refractivity contribution in [2.24, 2.45) is 0 Å². The Morgan fingerprint density at radius 2 is 1.72 bits per heavy atom. The van der Waals surface area contributed by atoms with Crippen molar-refractivity contribution >= 4 is 34.1 Å². The van der Waals surface area contributed by atoms with Gasteiger partial charge in [-0.1, -0.05) is 17.7 Å². The molecule has 0 aliphatic rings. The number of hydrogen-bond donors (Lipinski definition) is 1. The van der Waals surface area contributed by atoms with E-state index in [1.807, 2.05) is 35.9 Å². The summed E-state index contributed by atoms with van der Waals surface area (Å²) in [5.74, 6) is -0.133.